The third-order valence-corrected chi connectivity index (χ3v) is 2.67. The van der Waals surface area contributed by atoms with E-state index in [0.29, 0.717) is 10.7 Å². The highest BCUT2D eigenvalue weighted by Crippen LogP contribution is 2.19. The van der Waals surface area contributed by atoms with Crippen molar-refractivity contribution in [2.75, 3.05) is 5.73 Å². The maximum atomic E-state index is 11.8. The van der Waals surface area contributed by atoms with Gasteiger partial charge < -0.3 is 5.73 Å². The Hall–Kier alpha value is -1.52. The molecule has 0 saturated heterocycles. The van der Waals surface area contributed by atoms with Crippen molar-refractivity contribution in [3.63, 3.8) is 0 Å². The molecule has 16 heavy (non-hydrogen) atoms. The molecule has 0 amide bonds. The van der Waals surface area contributed by atoms with E-state index >= 15 is 0 Å². The van der Waals surface area contributed by atoms with Crippen LogP contribution in [0.5, 0.6) is 0 Å². The van der Waals surface area contributed by atoms with Crippen molar-refractivity contribution >= 4 is 28.9 Å². The van der Waals surface area contributed by atoms with Gasteiger partial charge in [0.15, 0.2) is 0 Å². The van der Waals surface area contributed by atoms with Crippen LogP contribution in [0.2, 0.25) is 10.0 Å². The minimum absolute atomic E-state index is 0.0448. The lowest BCUT2D eigenvalue weighted by atomic mass is 10.3. The van der Waals surface area contributed by atoms with Gasteiger partial charge in [-0.05, 0) is 12.1 Å². The lowest BCUT2D eigenvalue weighted by Gasteiger charge is -2.07. The van der Waals surface area contributed by atoms with Crippen molar-refractivity contribution in [2.45, 2.75) is 0 Å². The molecule has 2 aromatic rings. The molecule has 1 aromatic heterocycles. The quantitative estimate of drug-likeness (QED) is 0.850. The Balaban J connectivity index is 2.72. The molecule has 1 heterocycles. The number of halogens is 2. The van der Waals surface area contributed by atoms with Gasteiger partial charge in [-0.15, -0.1) is 0 Å². The predicted octanol–water partition coefficient (Wildman–Crippen LogP) is 2.12. The third-order valence-electron chi connectivity index (χ3n) is 2.05. The molecule has 6 heteroatoms. The molecular weight excluding hydrogens is 249 g/mol. The molecule has 0 aliphatic carbocycles. The van der Waals surface area contributed by atoms with Crippen LogP contribution < -0.4 is 11.3 Å². The number of nitrogens with two attached hydrogens (primary N) is 1. The topological polar surface area (TPSA) is 60.9 Å². The van der Waals surface area contributed by atoms with Crippen LogP contribution in [-0.2, 0) is 0 Å². The maximum absolute atomic E-state index is 11.8. The molecule has 0 radical (unpaired) electrons. The van der Waals surface area contributed by atoms with Gasteiger partial charge >= 0.3 is 0 Å². The fourth-order valence-corrected chi connectivity index (χ4v) is 1.58. The van der Waals surface area contributed by atoms with Crippen molar-refractivity contribution in [1.82, 2.24) is 9.78 Å². The Bertz CT molecular complexity index is 595. The SMILES string of the molecule is Nc1c(Cl)cnn(-c2ccccc2Cl)c1=O. The van der Waals surface area contributed by atoms with Gasteiger partial charge in [-0.1, -0.05) is 35.3 Å². The summed E-state index contributed by atoms with van der Waals surface area (Å²) in [6.07, 6.45) is 1.31. The van der Waals surface area contributed by atoms with E-state index in [1.807, 2.05) is 0 Å². The number of hydrogen-bond acceptors (Lipinski definition) is 3. The van der Waals surface area contributed by atoms with E-state index in [-0.39, 0.29) is 10.7 Å². The second-order valence-corrected chi connectivity index (χ2v) is 3.89. The summed E-state index contributed by atoms with van der Waals surface area (Å²) in [4.78, 5) is 11.8. The second kappa shape index (κ2) is 4.15. The Morgan fingerprint density at radius 3 is 2.56 bits per heavy atom. The summed E-state index contributed by atoms with van der Waals surface area (Å²) < 4.78 is 1.11. The molecule has 0 unspecified atom stereocenters. The average molecular weight is 256 g/mol. The number of rotatable bonds is 1. The normalized spacial score (nSPS) is 10.4. The zero-order valence-electron chi connectivity index (χ0n) is 8.02. The van der Waals surface area contributed by atoms with Crippen molar-refractivity contribution < 1.29 is 0 Å². The summed E-state index contributed by atoms with van der Waals surface area (Å²) >= 11 is 11.6. The van der Waals surface area contributed by atoms with E-state index in [1.165, 1.54) is 6.20 Å². The van der Waals surface area contributed by atoms with E-state index in [4.69, 9.17) is 28.9 Å². The first kappa shape index (κ1) is 11.0. The molecule has 0 fully saturated rings. The molecular formula is C10H7Cl2N3O. The lowest BCUT2D eigenvalue weighted by Crippen LogP contribution is -2.24. The van der Waals surface area contributed by atoms with Crippen molar-refractivity contribution in [1.29, 1.82) is 0 Å². The highest BCUT2D eigenvalue weighted by Gasteiger charge is 2.09. The maximum Gasteiger partial charge on any atom is 0.296 e. The van der Waals surface area contributed by atoms with Crippen molar-refractivity contribution in [3.8, 4) is 5.69 Å². The first-order chi connectivity index (χ1) is 7.61. The zero-order chi connectivity index (χ0) is 11.7. The fraction of sp³-hybridized carbons (Fsp3) is 0. The molecule has 2 rings (SSSR count). The molecule has 0 bridgehead atoms. The van der Waals surface area contributed by atoms with Crippen LogP contribution in [0.15, 0.2) is 35.3 Å². The van der Waals surface area contributed by atoms with Crippen LogP contribution in [0.1, 0.15) is 0 Å². The lowest BCUT2D eigenvalue weighted by molar-refractivity contribution is 0.811. The van der Waals surface area contributed by atoms with Crippen LogP contribution >= 0.6 is 23.2 Å². The van der Waals surface area contributed by atoms with E-state index in [2.05, 4.69) is 5.10 Å². The zero-order valence-corrected chi connectivity index (χ0v) is 9.53. The molecule has 0 atom stereocenters. The predicted molar refractivity (Wildman–Crippen MR) is 64.3 cm³/mol. The first-order valence-electron chi connectivity index (χ1n) is 4.39. The summed E-state index contributed by atoms with van der Waals surface area (Å²) in [6, 6.07) is 6.84. The van der Waals surface area contributed by atoms with Gasteiger partial charge in [0.2, 0.25) is 0 Å². The van der Waals surface area contributed by atoms with Crippen LogP contribution in [0.3, 0.4) is 0 Å². The highest BCUT2D eigenvalue weighted by atomic mass is 35.5. The largest absolute Gasteiger partial charge is 0.393 e. The molecule has 0 aliphatic rings. The summed E-state index contributed by atoms with van der Waals surface area (Å²) in [6.45, 7) is 0. The van der Waals surface area contributed by atoms with Crippen LogP contribution in [0.25, 0.3) is 5.69 Å². The molecule has 82 valence electrons. The summed E-state index contributed by atoms with van der Waals surface area (Å²) in [5.74, 6) is 0. The van der Waals surface area contributed by atoms with Crippen LogP contribution in [0.4, 0.5) is 5.69 Å². The summed E-state index contributed by atoms with van der Waals surface area (Å²) in [5, 5.41) is 4.43. The second-order valence-electron chi connectivity index (χ2n) is 3.07. The van der Waals surface area contributed by atoms with E-state index in [1.54, 1.807) is 24.3 Å². The number of hydrogen-bond donors (Lipinski definition) is 1. The van der Waals surface area contributed by atoms with Gasteiger partial charge in [-0.2, -0.15) is 9.78 Å². The number of aromatic nitrogens is 2. The fourth-order valence-electron chi connectivity index (χ4n) is 1.24. The van der Waals surface area contributed by atoms with Crippen molar-refractivity contribution in [3.05, 3.63) is 50.9 Å². The molecule has 0 aliphatic heterocycles. The molecule has 0 saturated carbocycles. The minimum atomic E-state index is -0.486. The van der Waals surface area contributed by atoms with E-state index in [0.717, 1.165) is 4.68 Å². The van der Waals surface area contributed by atoms with E-state index in [9.17, 15) is 4.79 Å². The molecule has 2 N–H and O–H groups in total. The van der Waals surface area contributed by atoms with Crippen LogP contribution in [-0.4, -0.2) is 9.78 Å². The van der Waals surface area contributed by atoms with Gasteiger partial charge in [-0.3, -0.25) is 4.79 Å². The molecule has 4 nitrogen and oxygen atoms in total. The average Bonchev–Trinajstić information content (AvgIpc) is 2.28. The molecule has 0 spiro atoms. The number of nitrogens with zero attached hydrogens (tertiary/aromatic N) is 2. The Morgan fingerprint density at radius 2 is 1.88 bits per heavy atom. The Morgan fingerprint density at radius 1 is 1.19 bits per heavy atom. The van der Waals surface area contributed by atoms with Gasteiger partial charge in [-0.25, -0.2) is 0 Å². The molecule has 1 aromatic carbocycles. The van der Waals surface area contributed by atoms with Gasteiger partial charge in [0.05, 0.1) is 21.9 Å². The number of anilines is 1. The third kappa shape index (κ3) is 1.77. The Kier molecular flexibility index (Phi) is 2.85. The van der Waals surface area contributed by atoms with Crippen LogP contribution in [0, 0.1) is 0 Å². The number of benzene rings is 1. The van der Waals surface area contributed by atoms with Gasteiger partial charge in [0.25, 0.3) is 5.56 Å². The summed E-state index contributed by atoms with van der Waals surface area (Å²) in [5.41, 5.74) is 5.46. The number of para-hydroxylation sites is 1. The number of nitrogen functional groups attached to an aromatic ring is 1. The highest BCUT2D eigenvalue weighted by molar-refractivity contribution is 6.33. The van der Waals surface area contributed by atoms with Gasteiger partial charge in [0.1, 0.15) is 5.69 Å². The minimum Gasteiger partial charge on any atom is -0.393 e. The monoisotopic (exact) mass is 255 g/mol. The van der Waals surface area contributed by atoms with Crippen molar-refractivity contribution in [2.24, 2.45) is 0 Å². The van der Waals surface area contributed by atoms with Gasteiger partial charge in [0, 0.05) is 0 Å². The van der Waals surface area contributed by atoms with E-state index < -0.39 is 5.56 Å². The smallest absolute Gasteiger partial charge is 0.296 e. The Labute approximate surface area is 101 Å². The summed E-state index contributed by atoms with van der Waals surface area (Å²) in [7, 11) is 0. The standard InChI is InChI=1S/C10H7Cl2N3O/c11-6-3-1-2-4-8(6)15-10(16)9(13)7(12)5-14-15/h1-5H,13H2. The first-order valence-corrected chi connectivity index (χ1v) is 5.15.